The average molecular weight is 513 g/mol. The summed E-state index contributed by atoms with van der Waals surface area (Å²) in [5.41, 5.74) is 9.84. The van der Waals surface area contributed by atoms with Crippen LogP contribution >= 0.6 is 0 Å². The van der Waals surface area contributed by atoms with Gasteiger partial charge < -0.3 is 5.32 Å². The standard InChI is InChI=1S/C37H40N2/c1-6-14-28-17-12-21-30(26(4)5)36(28)39-37(33-20-10-9-18-29(33)25(2)3)35-24-13-23-34(38-35)32-22-11-16-27-15-7-8-19-31(27)32/h7-13,15-26,37,39H,6,14H2,1-5H3. The van der Waals surface area contributed by atoms with E-state index in [1.54, 1.807) is 0 Å². The molecular weight excluding hydrogens is 472 g/mol. The third-order valence-corrected chi connectivity index (χ3v) is 7.67. The van der Waals surface area contributed by atoms with Crippen molar-refractivity contribution in [3.05, 3.63) is 131 Å². The molecule has 39 heavy (non-hydrogen) atoms. The molecule has 1 N–H and O–H groups in total. The summed E-state index contributed by atoms with van der Waals surface area (Å²) in [6, 6.07) is 37.1. The number of nitrogens with zero attached hydrogens (tertiary/aromatic N) is 1. The van der Waals surface area contributed by atoms with Gasteiger partial charge >= 0.3 is 0 Å². The predicted molar refractivity (Wildman–Crippen MR) is 168 cm³/mol. The molecule has 1 atom stereocenters. The molecule has 0 aliphatic heterocycles. The highest BCUT2D eigenvalue weighted by Crippen LogP contribution is 2.37. The lowest BCUT2D eigenvalue weighted by Gasteiger charge is -2.28. The number of hydrogen-bond donors (Lipinski definition) is 1. The number of aromatic nitrogens is 1. The Bertz CT molecular complexity index is 1560. The zero-order valence-corrected chi connectivity index (χ0v) is 23.9. The molecule has 0 radical (unpaired) electrons. The Kier molecular flexibility index (Phi) is 8.12. The van der Waals surface area contributed by atoms with Crippen LogP contribution in [0.4, 0.5) is 5.69 Å². The normalized spacial score (nSPS) is 12.3. The van der Waals surface area contributed by atoms with Gasteiger partial charge in [-0.15, -0.1) is 0 Å². The average Bonchev–Trinajstić information content (AvgIpc) is 2.96. The molecule has 5 rings (SSSR count). The Labute approximate surface area is 234 Å². The van der Waals surface area contributed by atoms with Crippen molar-refractivity contribution in [1.29, 1.82) is 0 Å². The van der Waals surface area contributed by atoms with Crippen LogP contribution in [-0.4, -0.2) is 4.98 Å². The molecule has 0 saturated heterocycles. The van der Waals surface area contributed by atoms with E-state index in [1.807, 2.05) is 0 Å². The predicted octanol–water partition coefficient (Wildman–Crippen LogP) is 10.3. The van der Waals surface area contributed by atoms with Crippen LogP contribution in [0.15, 0.2) is 103 Å². The molecule has 1 aromatic heterocycles. The minimum Gasteiger partial charge on any atom is -0.372 e. The van der Waals surface area contributed by atoms with Crippen LogP contribution in [0.25, 0.3) is 22.0 Å². The molecule has 1 unspecified atom stereocenters. The molecule has 2 nitrogen and oxygen atoms in total. The lowest BCUT2D eigenvalue weighted by molar-refractivity contribution is 0.794. The number of anilines is 1. The minimum absolute atomic E-state index is 0.0750. The summed E-state index contributed by atoms with van der Waals surface area (Å²) in [5.74, 6) is 0.822. The second kappa shape index (κ2) is 11.9. The van der Waals surface area contributed by atoms with Crippen LogP contribution in [0.1, 0.15) is 86.9 Å². The van der Waals surface area contributed by atoms with E-state index in [2.05, 4.69) is 143 Å². The van der Waals surface area contributed by atoms with E-state index in [0.29, 0.717) is 11.8 Å². The topological polar surface area (TPSA) is 24.9 Å². The monoisotopic (exact) mass is 512 g/mol. The molecule has 198 valence electrons. The van der Waals surface area contributed by atoms with E-state index >= 15 is 0 Å². The first kappa shape index (κ1) is 26.7. The molecule has 0 aliphatic carbocycles. The summed E-state index contributed by atoms with van der Waals surface area (Å²) in [5, 5.41) is 6.53. The fourth-order valence-corrected chi connectivity index (χ4v) is 5.72. The van der Waals surface area contributed by atoms with E-state index in [4.69, 9.17) is 4.98 Å². The van der Waals surface area contributed by atoms with Crippen molar-refractivity contribution in [2.24, 2.45) is 0 Å². The van der Waals surface area contributed by atoms with Gasteiger partial charge in [0.2, 0.25) is 0 Å². The number of nitrogens with one attached hydrogen (secondary N) is 1. The van der Waals surface area contributed by atoms with Crippen LogP contribution in [0, 0.1) is 0 Å². The Morgan fingerprint density at radius 1 is 0.641 bits per heavy atom. The maximum Gasteiger partial charge on any atom is 0.0943 e. The fraction of sp³-hybridized carbons (Fsp3) is 0.270. The van der Waals surface area contributed by atoms with Crippen LogP contribution in [0.2, 0.25) is 0 Å². The molecule has 1 heterocycles. The maximum absolute atomic E-state index is 5.35. The van der Waals surface area contributed by atoms with E-state index < -0.39 is 0 Å². The number of aryl methyl sites for hydroxylation is 1. The van der Waals surface area contributed by atoms with Crippen LogP contribution in [-0.2, 0) is 6.42 Å². The molecule has 0 aliphatic rings. The van der Waals surface area contributed by atoms with Crippen molar-refractivity contribution in [2.45, 2.75) is 65.3 Å². The van der Waals surface area contributed by atoms with Crippen molar-refractivity contribution in [1.82, 2.24) is 4.98 Å². The minimum atomic E-state index is -0.0750. The van der Waals surface area contributed by atoms with Crippen molar-refractivity contribution in [3.63, 3.8) is 0 Å². The Balaban J connectivity index is 1.70. The van der Waals surface area contributed by atoms with Crippen LogP contribution in [0.5, 0.6) is 0 Å². The number of rotatable bonds is 9. The van der Waals surface area contributed by atoms with Gasteiger partial charge in [-0.3, -0.25) is 4.98 Å². The van der Waals surface area contributed by atoms with Crippen molar-refractivity contribution < 1.29 is 0 Å². The first-order valence-corrected chi connectivity index (χ1v) is 14.4. The van der Waals surface area contributed by atoms with Gasteiger partial charge in [0.05, 0.1) is 17.4 Å². The van der Waals surface area contributed by atoms with Gasteiger partial charge in [-0.2, -0.15) is 0 Å². The number of pyridine rings is 1. The Morgan fingerprint density at radius 2 is 1.28 bits per heavy atom. The third-order valence-electron chi connectivity index (χ3n) is 7.67. The summed E-state index contributed by atoms with van der Waals surface area (Å²) in [6.45, 7) is 11.4. The smallest absolute Gasteiger partial charge is 0.0943 e. The van der Waals surface area contributed by atoms with E-state index in [0.717, 1.165) is 24.2 Å². The SMILES string of the molecule is CCCc1cccc(C(C)C)c1NC(c1cccc(-c2cccc3ccccc23)n1)c1ccccc1C(C)C. The van der Waals surface area contributed by atoms with Crippen LogP contribution < -0.4 is 5.32 Å². The lowest BCUT2D eigenvalue weighted by Crippen LogP contribution is -2.19. The van der Waals surface area contributed by atoms with Crippen LogP contribution in [0.3, 0.4) is 0 Å². The molecule has 0 spiro atoms. The van der Waals surface area contributed by atoms with Gasteiger partial charge in [0, 0.05) is 11.3 Å². The van der Waals surface area contributed by atoms with E-state index in [9.17, 15) is 0 Å². The van der Waals surface area contributed by atoms with Crippen molar-refractivity contribution >= 4 is 16.5 Å². The van der Waals surface area contributed by atoms with Gasteiger partial charge in [-0.05, 0) is 63.4 Å². The second-order valence-electron chi connectivity index (χ2n) is 11.1. The summed E-state index contributed by atoms with van der Waals surface area (Å²) in [6.07, 6.45) is 2.16. The first-order chi connectivity index (χ1) is 19.0. The second-order valence-corrected chi connectivity index (χ2v) is 11.1. The zero-order chi connectivity index (χ0) is 27.4. The summed E-state index contributed by atoms with van der Waals surface area (Å²) < 4.78 is 0. The van der Waals surface area contributed by atoms with E-state index in [1.165, 1.54) is 44.3 Å². The molecular formula is C37H40N2. The fourth-order valence-electron chi connectivity index (χ4n) is 5.72. The molecule has 2 heteroatoms. The lowest BCUT2D eigenvalue weighted by atomic mass is 9.89. The largest absolute Gasteiger partial charge is 0.372 e. The highest BCUT2D eigenvalue weighted by Gasteiger charge is 2.23. The Morgan fingerprint density at radius 3 is 2.05 bits per heavy atom. The number of para-hydroxylation sites is 1. The summed E-state index contributed by atoms with van der Waals surface area (Å²) in [7, 11) is 0. The van der Waals surface area contributed by atoms with Gasteiger partial charge in [0.15, 0.2) is 0 Å². The van der Waals surface area contributed by atoms with E-state index in [-0.39, 0.29) is 6.04 Å². The Hall–Kier alpha value is -3.91. The number of benzene rings is 4. The number of fused-ring (bicyclic) bond motifs is 1. The summed E-state index contributed by atoms with van der Waals surface area (Å²) >= 11 is 0. The summed E-state index contributed by atoms with van der Waals surface area (Å²) in [4.78, 5) is 5.35. The van der Waals surface area contributed by atoms with Crippen molar-refractivity contribution in [3.8, 4) is 11.3 Å². The zero-order valence-electron chi connectivity index (χ0n) is 23.9. The number of hydrogen-bond acceptors (Lipinski definition) is 2. The van der Waals surface area contributed by atoms with Gasteiger partial charge in [-0.1, -0.05) is 132 Å². The molecule has 4 aromatic carbocycles. The first-order valence-electron chi connectivity index (χ1n) is 14.4. The van der Waals surface area contributed by atoms with Gasteiger partial charge in [0.25, 0.3) is 0 Å². The van der Waals surface area contributed by atoms with Gasteiger partial charge in [0.1, 0.15) is 0 Å². The highest BCUT2D eigenvalue weighted by molar-refractivity contribution is 5.95. The highest BCUT2D eigenvalue weighted by atomic mass is 15.0. The molecule has 0 bridgehead atoms. The molecule has 0 fully saturated rings. The molecule has 0 amide bonds. The third kappa shape index (κ3) is 5.61. The maximum atomic E-state index is 5.35. The van der Waals surface area contributed by atoms with Gasteiger partial charge in [-0.25, -0.2) is 0 Å². The molecule has 0 saturated carbocycles. The quantitative estimate of drug-likeness (QED) is 0.212. The van der Waals surface area contributed by atoms with Crippen molar-refractivity contribution in [2.75, 3.05) is 5.32 Å². The molecule has 5 aromatic rings.